The molecule has 4 nitrogen and oxygen atoms in total. The summed E-state index contributed by atoms with van der Waals surface area (Å²) >= 11 is 0. The molecule has 1 unspecified atom stereocenters. The Hall–Kier alpha value is -2.22. The van der Waals surface area contributed by atoms with Gasteiger partial charge in [-0.05, 0) is 31.2 Å². The van der Waals surface area contributed by atoms with Crippen molar-refractivity contribution in [3.8, 4) is 5.69 Å². The maximum atomic E-state index is 13.0. The lowest BCUT2D eigenvalue weighted by atomic mass is 10.2. The molecule has 1 atom stereocenters. The number of carbonyl (C=O) groups is 1. The van der Waals surface area contributed by atoms with Crippen LogP contribution >= 0.6 is 0 Å². The zero-order valence-electron chi connectivity index (χ0n) is 10.7. The minimum Gasteiger partial charge on any atom is -0.385 e. The maximum Gasteiger partial charge on any atom is 0.433 e. The monoisotopic (exact) mass is 302 g/mol. The molecule has 0 aliphatic carbocycles. The van der Waals surface area contributed by atoms with Crippen LogP contribution in [-0.4, -0.2) is 26.8 Å². The first kappa shape index (κ1) is 15.2. The molecule has 1 aromatic carbocycles. The minimum absolute atomic E-state index is 0.0478. The van der Waals surface area contributed by atoms with Gasteiger partial charge in [0.1, 0.15) is 23.3 Å². The van der Waals surface area contributed by atoms with Gasteiger partial charge in [-0.25, -0.2) is 9.07 Å². The van der Waals surface area contributed by atoms with E-state index in [-0.39, 0.29) is 5.69 Å². The van der Waals surface area contributed by atoms with E-state index in [1.807, 2.05) is 0 Å². The summed E-state index contributed by atoms with van der Waals surface area (Å²) < 4.78 is 52.3. The number of benzene rings is 1. The Kier molecular flexibility index (Phi) is 3.82. The molecule has 0 aliphatic heterocycles. The second kappa shape index (κ2) is 5.28. The van der Waals surface area contributed by atoms with Crippen LogP contribution < -0.4 is 0 Å². The first-order valence-electron chi connectivity index (χ1n) is 5.85. The Labute approximate surface area is 116 Å². The van der Waals surface area contributed by atoms with Crippen LogP contribution in [0.15, 0.2) is 30.3 Å². The number of Topliss-reactive ketones (excluding diaryl/α,β-unsaturated/α-hetero) is 1. The van der Waals surface area contributed by atoms with Crippen molar-refractivity contribution in [3.05, 3.63) is 47.5 Å². The second-order valence-electron chi connectivity index (χ2n) is 4.34. The van der Waals surface area contributed by atoms with E-state index in [1.165, 1.54) is 0 Å². The lowest BCUT2D eigenvalue weighted by molar-refractivity contribution is -0.142. The zero-order chi connectivity index (χ0) is 15.8. The lowest BCUT2D eigenvalue weighted by Gasteiger charge is -2.09. The van der Waals surface area contributed by atoms with Crippen molar-refractivity contribution in [2.24, 2.45) is 0 Å². The van der Waals surface area contributed by atoms with E-state index >= 15 is 0 Å². The van der Waals surface area contributed by atoms with E-state index in [1.54, 1.807) is 0 Å². The summed E-state index contributed by atoms with van der Waals surface area (Å²) in [5.74, 6) is -1.54. The first-order valence-corrected chi connectivity index (χ1v) is 5.85. The van der Waals surface area contributed by atoms with Gasteiger partial charge in [0.05, 0.1) is 5.69 Å². The third-order valence-electron chi connectivity index (χ3n) is 2.70. The number of hydrogen-bond acceptors (Lipinski definition) is 3. The smallest absolute Gasteiger partial charge is 0.385 e. The number of ketones is 1. The van der Waals surface area contributed by atoms with Gasteiger partial charge < -0.3 is 5.11 Å². The number of rotatable bonds is 3. The van der Waals surface area contributed by atoms with Crippen LogP contribution in [-0.2, 0) is 6.18 Å². The summed E-state index contributed by atoms with van der Waals surface area (Å²) in [5, 5.41) is 12.7. The predicted molar refractivity (Wildman–Crippen MR) is 64.5 cm³/mol. The molecule has 1 N–H and O–H groups in total. The third-order valence-corrected chi connectivity index (χ3v) is 2.70. The molecule has 21 heavy (non-hydrogen) atoms. The fourth-order valence-electron chi connectivity index (χ4n) is 1.70. The fraction of sp³-hybridized carbons (Fsp3) is 0.231. The van der Waals surface area contributed by atoms with Crippen molar-refractivity contribution in [3.63, 3.8) is 0 Å². The highest BCUT2D eigenvalue weighted by molar-refractivity contribution is 5.97. The average molecular weight is 302 g/mol. The molecule has 2 aromatic rings. The Bertz CT molecular complexity index is 660. The molecule has 0 saturated carbocycles. The van der Waals surface area contributed by atoms with Gasteiger partial charge in [-0.2, -0.15) is 18.3 Å². The van der Waals surface area contributed by atoms with Gasteiger partial charge in [0.15, 0.2) is 0 Å². The summed E-state index contributed by atoms with van der Waals surface area (Å²) in [6.45, 7) is 1.13. The summed E-state index contributed by atoms with van der Waals surface area (Å²) in [5.41, 5.74) is -1.74. The van der Waals surface area contributed by atoms with Crippen molar-refractivity contribution in [1.82, 2.24) is 9.78 Å². The molecule has 0 saturated heterocycles. The van der Waals surface area contributed by atoms with Gasteiger partial charge in [-0.1, -0.05) is 0 Å². The third kappa shape index (κ3) is 3.10. The highest BCUT2D eigenvalue weighted by Crippen LogP contribution is 2.31. The molecule has 0 spiro atoms. The molecule has 0 aliphatic rings. The van der Waals surface area contributed by atoms with Crippen LogP contribution in [0.1, 0.15) is 23.1 Å². The van der Waals surface area contributed by atoms with Gasteiger partial charge in [0.25, 0.3) is 0 Å². The molecule has 2 rings (SSSR count). The molecule has 0 bridgehead atoms. The molecule has 0 amide bonds. The van der Waals surface area contributed by atoms with Gasteiger partial charge >= 0.3 is 6.18 Å². The number of carbonyl (C=O) groups excluding carboxylic acids is 1. The van der Waals surface area contributed by atoms with E-state index < -0.39 is 35.3 Å². The van der Waals surface area contributed by atoms with Gasteiger partial charge in [0, 0.05) is 6.07 Å². The number of halogens is 4. The standard InChI is InChI=1S/C13H10F4N2O2/c1-7(20)12(21)10-6-11(13(15,16)17)19(18-10)9-4-2-8(14)3-5-9/h2-7,20H,1H3. The van der Waals surface area contributed by atoms with Crippen LogP contribution in [0.3, 0.4) is 0 Å². The predicted octanol–water partition coefficient (Wildman–Crippen LogP) is 2.59. The van der Waals surface area contributed by atoms with E-state index in [9.17, 15) is 22.4 Å². The van der Waals surface area contributed by atoms with E-state index in [2.05, 4.69) is 5.10 Å². The van der Waals surface area contributed by atoms with Gasteiger partial charge in [0.2, 0.25) is 5.78 Å². The number of aliphatic hydroxyl groups is 1. The Balaban J connectivity index is 2.58. The second-order valence-corrected chi connectivity index (χ2v) is 4.34. The number of nitrogens with zero attached hydrogens (tertiary/aromatic N) is 2. The lowest BCUT2D eigenvalue weighted by Crippen LogP contribution is -2.17. The molecule has 1 aromatic heterocycles. The Morgan fingerprint density at radius 1 is 1.29 bits per heavy atom. The number of aliphatic hydroxyl groups excluding tert-OH is 1. The highest BCUT2D eigenvalue weighted by Gasteiger charge is 2.37. The summed E-state index contributed by atoms with van der Waals surface area (Å²) in [6.07, 6.45) is -6.22. The number of alkyl halides is 3. The van der Waals surface area contributed by atoms with Gasteiger partial charge in [-0.15, -0.1) is 0 Å². The molecular weight excluding hydrogens is 292 g/mol. The zero-order valence-corrected chi connectivity index (χ0v) is 10.7. The van der Waals surface area contributed by atoms with Crippen molar-refractivity contribution in [2.45, 2.75) is 19.2 Å². The van der Waals surface area contributed by atoms with Crippen molar-refractivity contribution in [1.29, 1.82) is 0 Å². The quantitative estimate of drug-likeness (QED) is 0.700. The topological polar surface area (TPSA) is 55.1 Å². The minimum atomic E-state index is -4.75. The fourth-order valence-corrected chi connectivity index (χ4v) is 1.70. The van der Waals surface area contributed by atoms with E-state index in [4.69, 9.17) is 5.11 Å². The van der Waals surface area contributed by atoms with E-state index in [0.29, 0.717) is 10.7 Å². The normalized spacial score (nSPS) is 13.2. The molecule has 0 fully saturated rings. The molecule has 1 heterocycles. The van der Waals surface area contributed by atoms with Crippen LogP contribution in [0.4, 0.5) is 17.6 Å². The first-order chi connectivity index (χ1) is 9.70. The Morgan fingerprint density at radius 2 is 1.86 bits per heavy atom. The molecular formula is C13H10F4N2O2. The van der Waals surface area contributed by atoms with E-state index in [0.717, 1.165) is 31.2 Å². The van der Waals surface area contributed by atoms with Crippen LogP contribution in [0.25, 0.3) is 5.69 Å². The summed E-state index contributed by atoms with van der Waals surface area (Å²) in [6, 6.07) is 4.72. The van der Waals surface area contributed by atoms with Gasteiger partial charge in [-0.3, -0.25) is 4.79 Å². The highest BCUT2D eigenvalue weighted by atomic mass is 19.4. The van der Waals surface area contributed by atoms with Crippen LogP contribution in [0.5, 0.6) is 0 Å². The molecule has 8 heteroatoms. The average Bonchev–Trinajstić information content (AvgIpc) is 2.83. The van der Waals surface area contributed by atoms with Crippen LogP contribution in [0.2, 0.25) is 0 Å². The maximum absolute atomic E-state index is 13.0. The molecule has 0 radical (unpaired) electrons. The number of aromatic nitrogens is 2. The molecule has 112 valence electrons. The van der Waals surface area contributed by atoms with Crippen molar-refractivity contribution >= 4 is 5.78 Å². The van der Waals surface area contributed by atoms with Crippen molar-refractivity contribution < 1.29 is 27.5 Å². The number of hydrogen-bond donors (Lipinski definition) is 1. The van der Waals surface area contributed by atoms with Crippen molar-refractivity contribution in [2.75, 3.05) is 0 Å². The largest absolute Gasteiger partial charge is 0.433 e. The Morgan fingerprint density at radius 3 is 2.33 bits per heavy atom. The summed E-state index contributed by atoms with van der Waals surface area (Å²) in [4.78, 5) is 11.6. The summed E-state index contributed by atoms with van der Waals surface area (Å²) in [7, 11) is 0. The SMILES string of the molecule is CC(O)C(=O)c1cc(C(F)(F)F)n(-c2ccc(F)cc2)n1. The van der Waals surface area contributed by atoms with Crippen LogP contribution in [0, 0.1) is 5.82 Å².